The van der Waals surface area contributed by atoms with Crippen LogP contribution < -0.4 is 5.32 Å². The fourth-order valence-corrected chi connectivity index (χ4v) is 2.82. The molecule has 0 fully saturated rings. The van der Waals surface area contributed by atoms with Crippen LogP contribution in [-0.2, 0) is 6.54 Å². The third kappa shape index (κ3) is 3.99. The first-order valence-electron chi connectivity index (χ1n) is 8.06. The van der Waals surface area contributed by atoms with E-state index in [9.17, 15) is 4.79 Å². The van der Waals surface area contributed by atoms with Crippen LogP contribution >= 0.6 is 15.9 Å². The number of hydrogen-bond acceptors (Lipinski definition) is 4. The number of nitrogens with zero attached hydrogens (tertiary/aromatic N) is 3. The zero-order valence-electron chi connectivity index (χ0n) is 14.1. The van der Waals surface area contributed by atoms with Gasteiger partial charge in [-0.2, -0.15) is 5.10 Å². The van der Waals surface area contributed by atoms with Gasteiger partial charge in [-0.15, -0.1) is 0 Å². The van der Waals surface area contributed by atoms with Crippen molar-refractivity contribution in [3.8, 4) is 11.3 Å². The number of benzene rings is 1. The quantitative estimate of drug-likeness (QED) is 0.637. The largest absolute Gasteiger partial charge is 0.355 e. The van der Waals surface area contributed by atoms with Gasteiger partial charge < -0.3 is 9.84 Å². The summed E-state index contributed by atoms with van der Waals surface area (Å²) in [6.45, 7) is 5.27. The molecule has 0 atom stereocenters. The van der Waals surface area contributed by atoms with Crippen molar-refractivity contribution in [1.82, 2.24) is 20.3 Å². The lowest BCUT2D eigenvalue weighted by Crippen LogP contribution is -2.25. The van der Waals surface area contributed by atoms with E-state index in [-0.39, 0.29) is 11.6 Å². The number of halogens is 1. The van der Waals surface area contributed by atoms with E-state index in [1.807, 2.05) is 48.9 Å². The van der Waals surface area contributed by atoms with Gasteiger partial charge in [-0.05, 0) is 36.2 Å². The van der Waals surface area contributed by atoms with Crippen LogP contribution in [0.5, 0.6) is 0 Å². The summed E-state index contributed by atoms with van der Waals surface area (Å²) in [7, 11) is 0. The number of carbonyl (C=O) groups is 1. The van der Waals surface area contributed by atoms with Crippen molar-refractivity contribution < 1.29 is 9.32 Å². The van der Waals surface area contributed by atoms with E-state index < -0.39 is 0 Å². The second-order valence-corrected chi connectivity index (χ2v) is 6.55. The lowest BCUT2D eigenvalue weighted by molar-refractivity contribution is 0.0943. The van der Waals surface area contributed by atoms with E-state index in [0.29, 0.717) is 12.3 Å². The molecule has 0 aliphatic carbocycles. The van der Waals surface area contributed by atoms with Crippen LogP contribution in [0.3, 0.4) is 0 Å². The second-order valence-electron chi connectivity index (χ2n) is 5.76. The molecule has 1 amide bonds. The number of hydrogen-bond donors (Lipinski definition) is 1. The predicted octanol–water partition coefficient (Wildman–Crippen LogP) is 3.74. The molecule has 2 heterocycles. The third-order valence-corrected chi connectivity index (χ3v) is 5.07. The minimum absolute atomic E-state index is 0.236. The molecule has 0 unspecified atom stereocenters. The fourth-order valence-electron chi connectivity index (χ4n) is 2.53. The standard InChI is InChI=1S/C18H19BrN4O2/c1-12-17(19)13(2)23(21-12)10-6-9-20-18(24)15-11-16(25-22-15)14-7-4-3-5-8-14/h3-5,7-8,11H,6,9-10H2,1-2H3,(H,20,24). The Morgan fingerprint density at radius 1 is 1.28 bits per heavy atom. The lowest BCUT2D eigenvalue weighted by Gasteiger charge is -2.05. The minimum atomic E-state index is -0.236. The van der Waals surface area contributed by atoms with E-state index >= 15 is 0 Å². The van der Waals surface area contributed by atoms with Crippen molar-refractivity contribution in [1.29, 1.82) is 0 Å². The summed E-state index contributed by atoms with van der Waals surface area (Å²) < 4.78 is 8.22. The zero-order valence-corrected chi connectivity index (χ0v) is 15.7. The van der Waals surface area contributed by atoms with E-state index in [2.05, 4.69) is 31.5 Å². The highest BCUT2D eigenvalue weighted by Crippen LogP contribution is 2.20. The van der Waals surface area contributed by atoms with E-state index in [0.717, 1.165) is 34.4 Å². The van der Waals surface area contributed by atoms with Crippen LogP contribution in [0, 0.1) is 13.8 Å². The van der Waals surface area contributed by atoms with Gasteiger partial charge in [-0.25, -0.2) is 0 Å². The third-order valence-electron chi connectivity index (χ3n) is 3.93. The van der Waals surface area contributed by atoms with Crippen molar-refractivity contribution in [2.45, 2.75) is 26.8 Å². The zero-order chi connectivity index (χ0) is 17.8. The normalized spacial score (nSPS) is 10.8. The maximum Gasteiger partial charge on any atom is 0.273 e. The molecular formula is C18H19BrN4O2. The average molecular weight is 403 g/mol. The molecule has 0 saturated heterocycles. The van der Waals surface area contributed by atoms with Crippen LogP contribution in [0.2, 0.25) is 0 Å². The molecule has 7 heteroatoms. The molecule has 0 bridgehead atoms. The number of nitrogens with one attached hydrogen (secondary N) is 1. The van der Waals surface area contributed by atoms with Gasteiger partial charge in [0.25, 0.3) is 5.91 Å². The van der Waals surface area contributed by atoms with Crippen molar-refractivity contribution >= 4 is 21.8 Å². The second kappa shape index (κ2) is 7.65. The van der Waals surface area contributed by atoms with Crippen molar-refractivity contribution in [2.75, 3.05) is 6.54 Å². The number of carbonyl (C=O) groups excluding carboxylic acids is 1. The summed E-state index contributed by atoms with van der Waals surface area (Å²) in [6, 6.07) is 11.2. The van der Waals surface area contributed by atoms with Gasteiger partial charge in [0.1, 0.15) is 0 Å². The lowest BCUT2D eigenvalue weighted by atomic mass is 10.1. The molecule has 0 aliphatic heterocycles. The Kier molecular flexibility index (Phi) is 5.33. The highest BCUT2D eigenvalue weighted by atomic mass is 79.9. The molecule has 0 spiro atoms. The van der Waals surface area contributed by atoms with Gasteiger partial charge in [0, 0.05) is 30.4 Å². The van der Waals surface area contributed by atoms with Crippen LogP contribution in [0.4, 0.5) is 0 Å². The van der Waals surface area contributed by atoms with Gasteiger partial charge in [-0.1, -0.05) is 35.5 Å². The van der Waals surface area contributed by atoms with Gasteiger partial charge in [0.05, 0.1) is 10.2 Å². The molecule has 3 aromatic rings. The van der Waals surface area contributed by atoms with Gasteiger partial charge in [0.2, 0.25) is 0 Å². The van der Waals surface area contributed by atoms with E-state index in [4.69, 9.17) is 4.52 Å². The first-order chi connectivity index (χ1) is 12.1. The predicted molar refractivity (Wildman–Crippen MR) is 98.3 cm³/mol. The summed E-state index contributed by atoms with van der Waals surface area (Å²) in [5, 5.41) is 11.2. The molecule has 0 saturated carbocycles. The first-order valence-corrected chi connectivity index (χ1v) is 8.85. The van der Waals surface area contributed by atoms with Crippen LogP contribution in [0.15, 0.2) is 45.4 Å². The van der Waals surface area contributed by atoms with Crippen molar-refractivity contribution in [3.05, 3.63) is 58.0 Å². The highest BCUT2D eigenvalue weighted by molar-refractivity contribution is 9.10. The summed E-state index contributed by atoms with van der Waals surface area (Å²) in [5.41, 5.74) is 3.24. The highest BCUT2D eigenvalue weighted by Gasteiger charge is 2.13. The summed E-state index contributed by atoms with van der Waals surface area (Å²) in [6.07, 6.45) is 0.781. The molecule has 2 aromatic heterocycles. The van der Waals surface area contributed by atoms with Gasteiger partial charge >= 0.3 is 0 Å². The number of rotatable bonds is 6. The average Bonchev–Trinajstić information content (AvgIpc) is 3.21. The maximum absolute atomic E-state index is 12.2. The number of amides is 1. The molecular weight excluding hydrogens is 384 g/mol. The molecule has 0 aliphatic rings. The summed E-state index contributed by atoms with van der Waals surface area (Å²) >= 11 is 3.51. The molecule has 1 aromatic carbocycles. The van der Waals surface area contributed by atoms with Crippen LogP contribution in [0.1, 0.15) is 28.3 Å². The molecule has 25 heavy (non-hydrogen) atoms. The Hall–Kier alpha value is -2.41. The smallest absolute Gasteiger partial charge is 0.273 e. The number of aryl methyl sites for hydroxylation is 2. The fraction of sp³-hybridized carbons (Fsp3) is 0.278. The Labute approximate surface area is 154 Å². The van der Waals surface area contributed by atoms with E-state index in [1.54, 1.807) is 6.07 Å². The van der Waals surface area contributed by atoms with E-state index in [1.165, 1.54) is 0 Å². The van der Waals surface area contributed by atoms with Crippen LogP contribution in [-0.4, -0.2) is 27.4 Å². The van der Waals surface area contributed by atoms with Crippen molar-refractivity contribution in [3.63, 3.8) is 0 Å². The number of aromatic nitrogens is 3. The first kappa shape index (κ1) is 17.4. The topological polar surface area (TPSA) is 73.0 Å². The molecule has 0 radical (unpaired) electrons. The molecule has 130 valence electrons. The Bertz CT molecular complexity index is 871. The van der Waals surface area contributed by atoms with Crippen LogP contribution in [0.25, 0.3) is 11.3 Å². The Balaban J connectivity index is 1.51. The maximum atomic E-state index is 12.2. The monoisotopic (exact) mass is 402 g/mol. The molecule has 1 N–H and O–H groups in total. The van der Waals surface area contributed by atoms with Gasteiger partial charge in [-0.3, -0.25) is 9.48 Å². The Morgan fingerprint density at radius 3 is 2.72 bits per heavy atom. The molecule has 3 rings (SSSR count). The minimum Gasteiger partial charge on any atom is -0.355 e. The SMILES string of the molecule is Cc1nn(CCCNC(=O)c2cc(-c3ccccc3)on2)c(C)c1Br. The van der Waals surface area contributed by atoms with Crippen molar-refractivity contribution in [2.24, 2.45) is 0 Å². The summed E-state index contributed by atoms with van der Waals surface area (Å²) in [4.78, 5) is 12.2. The van der Waals surface area contributed by atoms with Gasteiger partial charge in [0.15, 0.2) is 11.5 Å². The molecule has 6 nitrogen and oxygen atoms in total. The Morgan fingerprint density at radius 2 is 2.04 bits per heavy atom. The summed E-state index contributed by atoms with van der Waals surface area (Å²) in [5.74, 6) is 0.346.